The van der Waals surface area contributed by atoms with Gasteiger partial charge in [0.05, 0.1) is 11.8 Å². The third kappa shape index (κ3) is 3.30. The van der Waals surface area contributed by atoms with Crippen LogP contribution in [0.2, 0.25) is 0 Å². The molecule has 1 aliphatic carbocycles. The summed E-state index contributed by atoms with van der Waals surface area (Å²) in [6, 6.07) is 6.12. The molecular weight excluding hydrogens is 300 g/mol. The van der Waals surface area contributed by atoms with Gasteiger partial charge in [0.15, 0.2) is 0 Å². The van der Waals surface area contributed by atoms with Crippen molar-refractivity contribution in [1.82, 2.24) is 0 Å². The number of ether oxygens (including phenoxy) is 1. The Morgan fingerprint density at radius 2 is 2.08 bits per heavy atom. The van der Waals surface area contributed by atoms with Crippen LogP contribution in [0.15, 0.2) is 52.3 Å². The molecule has 0 radical (unpaired) electrons. The van der Waals surface area contributed by atoms with E-state index in [9.17, 15) is 0 Å². The fraction of sp³-hybridized carbons (Fsp3) is 0.316. The molecule has 3 rings (SSSR count). The fourth-order valence-corrected chi connectivity index (χ4v) is 2.86. The average molecular weight is 324 g/mol. The van der Waals surface area contributed by atoms with Crippen molar-refractivity contribution in [1.29, 1.82) is 0 Å². The van der Waals surface area contributed by atoms with Gasteiger partial charge in [-0.1, -0.05) is 6.58 Å². The van der Waals surface area contributed by atoms with Crippen molar-refractivity contribution in [2.24, 2.45) is 16.5 Å². The number of allylic oxidation sites excluding steroid dienone is 2. The standard InChI is InChI=1S/C19H24N4O/c1-11(20)18(12(2)21)19(22-3)14-8-13-4-5-16(24-15-6-7-15)9-17(13)23-10-14/h4-5,8-9,15,23H,1,6-7,10,20-21H2,2-3H3/b18-12+,22-19?. The first kappa shape index (κ1) is 16.2. The van der Waals surface area contributed by atoms with Crippen molar-refractivity contribution in [3.63, 3.8) is 0 Å². The van der Waals surface area contributed by atoms with E-state index >= 15 is 0 Å². The lowest BCUT2D eigenvalue weighted by Crippen LogP contribution is -2.23. The van der Waals surface area contributed by atoms with E-state index in [4.69, 9.17) is 16.2 Å². The number of nitrogens with one attached hydrogen (secondary N) is 1. The largest absolute Gasteiger partial charge is 0.490 e. The summed E-state index contributed by atoms with van der Waals surface area (Å²) in [5.41, 5.74) is 17.6. The quantitative estimate of drug-likeness (QED) is 0.574. The predicted molar refractivity (Wildman–Crippen MR) is 100 cm³/mol. The number of hydrogen-bond acceptors (Lipinski definition) is 5. The highest BCUT2D eigenvalue weighted by Crippen LogP contribution is 2.33. The first-order valence-electron chi connectivity index (χ1n) is 8.13. The minimum absolute atomic E-state index is 0.396. The van der Waals surface area contributed by atoms with E-state index in [2.05, 4.69) is 35.1 Å². The molecule has 0 saturated heterocycles. The molecule has 2 aliphatic rings. The monoisotopic (exact) mass is 324 g/mol. The summed E-state index contributed by atoms with van der Waals surface area (Å²) in [7, 11) is 1.74. The first-order valence-corrected chi connectivity index (χ1v) is 8.13. The summed E-state index contributed by atoms with van der Waals surface area (Å²) in [5.74, 6) is 0.915. The topological polar surface area (TPSA) is 85.7 Å². The van der Waals surface area contributed by atoms with Gasteiger partial charge in [-0.25, -0.2) is 0 Å². The second-order valence-corrected chi connectivity index (χ2v) is 6.24. The Morgan fingerprint density at radius 1 is 1.33 bits per heavy atom. The van der Waals surface area contributed by atoms with Crippen LogP contribution in [0.3, 0.4) is 0 Å². The van der Waals surface area contributed by atoms with E-state index in [0.717, 1.165) is 41.1 Å². The van der Waals surface area contributed by atoms with Crippen LogP contribution in [-0.2, 0) is 0 Å². The Balaban J connectivity index is 1.91. The van der Waals surface area contributed by atoms with Crippen molar-refractivity contribution < 1.29 is 4.74 Å². The lowest BCUT2D eigenvalue weighted by atomic mass is 9.94. The molecule has 1 fully saturated rings. The third-order valence-corrected chi connectivity index (χ3v) is 4.13. The van der Waals surface area contributed by atoms with Crippen LogP contribution in [0.5, 0.6) is 5.75 Å². The van der Waals surface area contributed by atoms with Gasteiger partial charge in [-0.2, -0.15) is 0 Å². The molecule has 0 aromatic heterocycles. The van der Waals surface area contributed by atoms with E-state index in [0.29, 0.717) is 29.6 Å². The number of rotatable bonds is 5. The summed E-state index contributed by atoms with van der Waals surface area (Å²) in [5, 5.41) is 3.43. The van der Waals surface area contributed by atoms with Crippen LogP contribution < -0.4 is 21.5 Å². The number of nitrogens with zero attached hydrogens (tertiary/aromatic N) is 1. The minimum Gasteiger partial charge on any atom is -0.490 e. The molecule has 5 heteroatoms. The number of nitrogens with two attached hydrogens (primary N) is 2. The van der Waals surface area contributed by atoms with Crippen molar-refractivity contribution >= 4 is 17.5 Å². The van der Waals surface area contributed by atoms with E-state index in [1.54, 1.807) is 7.05 Å². The third-order valence-electron chi connectivity index (χ3n) is 4.13. The molecule has 5 nitrogen and oxygen atoms in total. The molecule has 0 bridgehead atoms. The molecule has 126 valence electrons. The molecule has 1 aromatic rings. The van der Waals surface area contributed by atoms with Gasteiger partial charge in [0.25, 0.3) is 0 Å². The molecule has 1 aromatic carbocycles. The second-order valence-electron chi connectivity index (χ2n) is 6.24. The Morgan fingerprint density at radius 3 is 2.67 bits per heavy atom. The summed E-state index contributed by atoms with van der Waals surface area (Å²) >= 11 is 0. The van der Waals surface area contributed by atoms with Gasteiger partial charge in [-0.15, -0.1) is 0 Å². The summed E-state index contributed by atoms with van der Waals surface area (Å²) in [6.07, 6.45) is 4.82. The Labute approximate surface area is 142 Å². The summed E-state index contributed by atoms with van der Waals surface area (Å²) < 4.78 is 5.85. The van der Waals surface area contributed by atoms with Crippen LogP contribution in [0.1, 0.15) is 25.3 Å². The molecule has 0 spiro atoms. The van der Waals surface area contributed by atoms with Crippen molar-refractivity contribution in [2.75, 3.05) is 18.9 Å². The number of hydrogen-bond donors (Lipinski definition) is 3. The molecule has 5 N–H and O–H groups in total. The van der Waals surface area contributed by atoms with Gasteiger partial charge in [0.2, 0.25) is 0 Å². The molecular formula is C19H24N4O. The van der Waals surface area contributed by atoms with E-state index in [-0.39, 0.29) is 0 Å². The molecule has 1 aliphatic heterocycles. The predicted octanol–water partition coefficient (Wildman–Crippen LogP) is 2.81. The smallest absolute Gasteiger partial charge is 0.121 e. The highest BCUT2D eigenvalue weighted by molar-refractivity contribution is 6.18. The van der Waals surface area contributed by atoms with Gasteiger partial charge in [0, 0.05) is 42.3 Å². The van der Waals surface area contributed by atoms with E-state index in [1.165, 1.54) is 0 Å². The van der Waals surface area contributed by atoms with Crippen molar-refractivity contribution in [2.45, 2.75) is 25.9 Å². The Bertz CT molecular complexity index is 766. The highest BCUT2D eigenvalue weighted by Gasteiger charge is 2.24. The van der Waals surface area contributed by atoms with Crippen molar-refractivity contribution in [3.05, 3.63) is 52.9 Å². The zero-order chi connectivity index (χ0) is 17.3. The van der Waals surface area contributed by atoms with E-state index in [1.807, 2.05) is 13.0 Å². The number of anilines is 1. The van der Waals surface area contributed by atoms with Gasteiger partial charge in [-0.05, 0) is 49.1 Å². The Kier molecular flexibility index (Phi) is 4.34. The lowest BCUT2D eigenvalue weighted by Gasteiger charge is -2.22. The average Bonchev–Trinajstić information content (AvgIpc) is 3.35. The molecule has 0 amide bonds. The minimum atomic E-state index is 0.396. The maximum atomic E-state index is 5.98. The van der Waals surface area contributed by atoms with Crippen LogP contribution in [0.25, 0.3) is 6.08 Å². The van der Waals surface area contributed by atoms with Gasteiger partial charge < -0.3 is 21.5 Å². The van der Waals surface area contributed by atoms with Crippen LogP contribution in [0, 0.1) is 0 Å². The lowest BCUT2D eigenvalue weighted by molar-refractivity contribution is 0.303. The van der Waals surface area contributed by atoms with E-state index < -0.39 is 0 Å². The maximum Gasteiger partial charge on any atom is 0.121 e. The Hall–Kier alpha value is -2.69. The van der Waals surface area contributed by atoms with Crippen molar-refractivity contribution in [3.8, 4) is 5.75 Å². The highest BCUT2D eigenvalue weighted by atomic mass is 16.5. The molecule has 1 heterocycles. The fourth-order valence-electron chi connectivity index (χ4n) is 2.86. The summed E-state index contributed by atoms with van der Waals surface area (Å²) in [4.78, 5) is 4.40. The molecule has 24 heavy (non-hydrogen) atoms. The van der Waals surface area contributed by atoms with Gasteiger partial charge in [0.1, 0.15) is 5.75 Å². The van der Waals surface area contributed by atoms with Gasteiger partial charge >= 0.3 is 0 Å². The maximum absolute atomic E-state index is 5.98. The SMILES string of the molecule is C=C(N)/C(C(=NC)C1=Cc2ccc(OC3CC3)cc2NC1)=C(/C)N. The molecule has 1 saturated carbocycles. The number of benzene rings is 1. The molecule has 0 atom stereocenters. The van der Waals surface area contributed by atoms with Crippen LogP contribution >= 0.6 is 0 Å². The molecule has 0 unspecified atom stereocenters. The van der Waals surface area contributed by atoms with Crippen LogP contribution in [-0.4, -0.2) is 25.4 Å². The zero-order valence-electron chi connectivity index (χ0n) is 14.2. The second kappa shape index (κ2) is 6.43. The van der Waals surface area contributed by atoms with Gasteiger partial charge in [-0.3, -0.25) is 4.99 Å². The number of fused-ring (bicyclic) bond motifs is 1. The summed E-state index contributed by atoms with van der Waals surface area (Å²) in [6.45, 7) is 6.28. The zero-order valence-corrected chi connectivity index (χ0v) is 14.2. The number of aliphatic imine (C=N–C) groups is 1. The van der Waals surface area contributed by atoms with Crippen LogP contribution in [0.4, 0.5) is 5.69 Å². The normalized spacial score (nSPS) is 18.1. The first-order chi connectivity index (χ1) is 11.5.